The normalized spacial score (nSPS) is 13.1. The van der Waals surface area contributed by atoms with Crippen LogP contribution < -0.4 is 5.73 Å². The lowest BCUT2D eigenvalue weighted by Crippen LogP contribution is -2.11. The zero-order valence-corrected chi connectivity index (χ0v) is 11.3. The van der Waals surface area contributed by atoms with Crippen molar-refractivity contribution in [1.29, 1.82) is 0 Å². The Hall–Kier alpha value is -2.16. The highest BCUT2D eigenvalue weighted by molar-refractivity contribution is 6.11. The molecule has 0 bridgehead atoms. The van der Waals surface area contributed by atoms with E-state index in [4.69, 9.17) is 5.73 Å². The van der Waals surface area contributed by atoms with Crippen LogP contribution in [0.15, 0.2) is 48.1 Å². The molecule has 0 atom stereocenters. The van der Waals surface area contributed by atoms with Gasteiger partial charge in [-0.2, -0.15) is 0 Å². The van der Waals surface area contributed by atoms with E-state index >= 15 is 0 Å². The molecule has 1 aliphatic carbocycles. The van der Waals surface area contributed by atoms with Crippen LogP contribution in [0.3, 0.4) is 0 Å². The largest absolute Gasteiger partial charge is 0.366 e. The third-order valence-electron chi connectivity index (χ3n) is 2.69. The van der Waals surface area contributed by atoms with Crippen LogP contribution in [0.2, 0.25) is 0 Å². The number of carbonyl (C=O) groups is 2. The summed E-state index contributed by atoms with van der Waals surface area (Å²) in [5, 5.41) is 0. The molecule has 0 saturated carbocycles. The number of primary amides is 1. The fraction of sp³-hybridized carbons (Fsp3) is 0.250. The van der Waals surface area contributed by atoms with Gasteiger partial charge in [0.2, 0.25) is 5.91 Å². The van der Waals surface area contributed by atoms with Crippen LogP contribution >= 0.6 is 0 Å². The number of rotatable bonds is 3. The Labute approximate surface area is 113 Å². The van der Waals surface area contributed by atoms with Crippen molar-refractivity contribution >= 4 is 11.7 Å². The number of ketones is 1. The van der Waals surface area contributed by atoms with Crippen molar-refractivity contribution in [2.75, 3.05) is 0 Å². The van der Waals surface area contributed by atoms with Gasteiger partial charge in [-0.05, 0) is 25.0 Å². The topological polar surface area (TPSA) is 60.2 Å². The highest BCUT2D eigenvalue weighted by atomic mass is 16.1. The molecular weight excluding hydrogens is 238 g/mol. The Kier molecular flexibility index (Phi) is 5.73. The molecule has 3 heteroatoms. The van der Waals surface area contributed by atoms with Crippen molar-refractivity contribution < 1.29 is 9.59 Å². The van der Waals surface area contributed by atoms with Gasteiger partial charge in [-0.25, -0.2) is 0 Å². The first kappa shape index (κ1) is 14.9. The van der Waals surface area contributed by atoms with Crippen LogP contribution in [0.25, 0.3) is 0 Å². The molecule has 0 unspecified atom stereocenters. The highest BCUT2D eigenvalue weighted by Crippen LogP contribution is 2.16. The van der Waals surface area contributed by atoms with E-state index in [0.29, 0.717) is 16.7 Å². The average molecular weight is 257 g/mol. The highest BCUT2D eigenvalue weighted by Gasteiger charge is 2.11. The molecule has 0 aromatic heterocycles. The Morgan fingerprint density at radius 1 is 1.00 bits per heavy atom. The van der Waals surface area contributed by atoms with Crippen molar-refractivity contribution in [3.63, 3.8) is 0 Å². The van der Waals surface area contributed by atoms with Gasteiger partial charge in [0.25, 0.3) is 0 Å². The molecule has 0 fully saturated rings. The maximum Gasteiger partial charge on any atom is 0.248 e. The van der Waals surface area contributed by atoms with Gasteiger partial charge >= 0.3 is 0 Å². The number of benzene rings is 1. The quantitative estimate of drug-likeness (QED) is 0.845. The van der Waals surface area contributed by atoms with Crippen LogP contribution in [0.1, 0.15) is 47.4 Å². The van der Waals surface area contributed by atoms with Gasteiger partial charge in [0.1, 0.15) is 0 Å². The first-order valence-corrected chi connectivity index (χ1v) is 6.50. The number of carbonyl (C=O) groups excluding carboxylic acids is 2. The van der Waals surface area contributed by atoms with Crippen molar-refractivity contribution in [2.24, 2.45) is 5.73 Å². The summed E-state index contributed by atoms with van der Waals surface area (Å²) in [7, 11) is 0. The summed E-state index contributed by atoms with van der Waals surface area (Å²) in [6.45, 7) is 4.00. The van der Waals surface area contributed by atoms with Crippen molar-refractivity contribution in [3.8, 4) is 0 Å². The molecule has 2 rings (SSSR count). The fourth-order valence-electron chi connectivity index (χ4n) is 1.73. The molecular formula is C16H19NO2. The lowest BCUT2D eigenvalue weighted by Gasteiger charge is -2.06. The second-order valence-corrected chi connectivity index (χ2v) is 3.91. The molecule has 0 saturated heterocycles. The number of Topliss-reactive ketones (excluding diaryl/α,β-unsaturated/α-hetero) is 1. The van der Waals surface area contributed by atoms with Crippen molar-refractivity contribution in [2.45, 2.75) is 26.7 Å². The molecule has 1 aliphatic rings. The zero-order valence-electron chi connectivity index (χ0n) is 11.3. The van der Waals surface area contributed by atoms with Crippen LogP contribution in [-0.4, -0.2) is 11.7 Å². The maximum atomic E-state index is 12.0. The average Bonchev–Trinajstić information content (AvgIpc) is 2.49. The van der Waals surface area contributed by atoms with E-state index in [2.05, 4.69) is 0 Å². The first-order valence-electron chi connectivity index (χ1n) is 6.50. The fourth-order valence-corrected chi connectivity index (χ4v) is 1.73. The lowest BCUT2D eigenvalue weighted by molar-refractivity contribution is 0.0996. The van der Waals surface area contributed by atoms with E-state index in [9.17, 15) is 9.59 Å². The molecule has 1 aromatic carbocycles. The summed E-state index contributed by atoms with van der Waals surface area (Å²) in [6.07, 6.45) is 7.65. The molecule has 0 heterocycles. The van der Waals surface area contributed by atoms with Crippen LogP contribution in [0.4, 0.5) is 0 Å². The van der Waals surface area contributed by atoms with E-state index in [-0.39, 0.29) is 5.78 Å². The van der Waals surface area contributed by atoms with Crippen LogP contribution in [0, 0.1) is 0 Å². The molecule has 100 valence electrons. The first-order chi connectivity index (χ1) is 9.18. The number of allylic oxidation sites excluding steroid dienone is 4. The third kappa shape index (κ3) is 3.91. The van der Waals surface area contributed by atoms with Crippen molar-refractivity contribution in [1.82, 2.24) is 0 Å². The number of nitrogens with two attached hydrogens (primary N) is 1. The summed E-state index contributed by atoms with van der Waals surface area (Å²) in [5.41, 5.74) is 6.84. The van der Waals surface area contributed by atoms with E-state index in [1.807, 2.05) is 32.1 Å². The molecule has 2 N–H and O–H groups in total. The van der Waals surface area contributed by atoms with Crippen LogP contribution in [0.5, 0.6) is 0 Å². The van der Waals surface area contributed by atoms with Gasteiger partial charge in [0, 0.05) is 16.7 Å². The number of hydrogen-bond donors (Lipinski definition) is 1. The molecule has 0 radical (unpaired) electrons. The van der Waals surface area contributed by atoms with Gasteiger partial charge in [-0.15, -0.1) is 0 Å². The summed E-state index contributed by atoms with van der Waals surface area (Å²) in [5.74, 6) is -0.502. The monoisotopic (exact) mass is 257 g/mol. The molecule has 3 nitrogen and oxygen atoms in total. The minimum Gasteiger partial charge on any atom is -0.366 e. The Morgan fingerprint density at radius 2 is 1.58 bits per heavy atom. The second-order valence-electron chi connectivity index (χ2n) is 3.91. The van der Waals surface area contributed by atoms with E-state index < -0.39 is 5.91 Å². The summed E-state index contributed by atoms with van der Waals surface area (Å²) in [6, 6.07) is 6.41. The van der Waals surface area contributed by atoms with E-state index in [0.717, 1.165) is 12.8 Å². The van der Waals surface area contributed by atoms with Crippen LogP contribution in [-0.2, 0) is 0 Å². The number of amides is 1. The van der Waals surface area contributed by atoms with Gasteiger partial charge in [0.15, 0.2) is 5.78 Å². The Bertz CT molecular complexity index is 510. The third-order valence-corrected chi connectivity index (χ3v) is 2.69. The number of hydrogen-bond acceptors (Lipinski definition) is 2. The summed E-state index contributed by atoms with van der Waals surface area (Å²) in [4.78, 5) is 22.9. The minimum absolute atomic E-state index is 0.0167. The summed E-state index contributed by atoms with van der Waals surface area (Å²) >= 11 is 0. The van der Waals surface area contributed by atoms with E-state index in [1.165, 1.54) is 0 Å². The predicted octanol–water partition coefficient (Wildman–Crippen LogP) is 3.27. The predicted molar refractivity (Wildman–Crippen MR) is 77.1 cm³/mol. The molecule has 0 aliphatic heterocycles. The van der Waals surface area contributed by atoms with Crippen molar-refractivity contribution in [3.05, 3.63) is 59.2 Å². The smallest absolute Gasteiger partial charge is 0.248 e. The molecule has 1 amide bonds. The zero-order chi connectivity index (χ0) is 14.3. The second kappa shape index (κ2) is 7.31. The van der Waals surface area contributed by atoms with Gasteiger partial charge < -0.3 is 5.73 Å². The van der Waals surface area contributed by atoms with Gasteiger partial charge in [-0.1, -0.05) is 44.2 Å². The van der Waals surface area contributed by atoms with E-state index in [1.54, 1.807) is 24.3 Å². The lowest BCUT2D eigenvalue weighted by atomic mass is 9.97. The van der Waals surface area contributed by atoms with Gasteiger partial charge in [0.05, 0.1) is 0 Å². The Balaban J connectivity index is 0.000000861. The molecule has 1 aromatic rings. The minimum atomic E-state index is -0.485. The summed E-state index contributed by atoms with van der Waals surface area (Å²) < 4.78 is 0. The molecule has 0 spiro atoms. The standard InChI is InChI=1S/C14H13NO2.C2H6/c15-14(17)12-8-6-11(7-9-12)13(16)10-4-2-1-3-5-10;1-2/h2,4-9H,1,3H2,(H2,15,17);1-2H3. The maximum absolute atomic E-state index is 12.0. The van der Waals surface area contributed by atoms with Gasteiger partial charge in [-0.3, -0.25) is 9.59 Å². The SMILES string of the molecule is CC.NC(=O)c1ccc(C(=O)C2=CCCC=C2)cc1. The Morgan fingerprint density at radius 3 is 2.05 bits per heavy atom. The molecule has 19 heavy (non-hydrogen) atoms.